The molecule has 1 aromatic heterocycles. The third kappa shape index (κ3) is 3.78. The van der Waals surface area contributed by atoms with Crippen LogP contribution in [-0.2, 0) is 4.79 Å². The number of anilines is 1. The first-order valence-electron chi connectivity index (χ1n) is 7.13. The Hall–Kier alpha value is -2.60. The van der Waals surface area contributed by atoms with Crippen molar-refractivity contribution < 1.29 is 4.79 Å². The van der Waals surface area contributed by atoms with E-state index in [1.807, 2.05) is 42.5 Å². The zero-order chi connectivity index (χ0) is 16.2. The first kappa shape index (κ1) is 15.3. The number of benzene rings is 2. The van der Waals surface area contributed by atoms with Crippen LogP contribution >= 0.6 is 11.8 Å². The number of hydrogen-bond acceptors (Lipinski definition) is 4. The molecule has 6 heteroatoms. The Kier molecular flexibility index (Phi) is 4.43. The fourth-order valence-electron chi connectivity index (χ4n) is 2.14. The molecule has 1 atom stereocenters. The molecule has 0 unspecified atom stereocenters. The minimum absolute atomic E-state index is 0.142. The van der Waals surface area contributed by atoms with Crippen LogP contribution in [0, 0.1) is 0 Å². The van der Waals surface area contributed by atoms with E-state index < -0.39 is 0 Å². The van der Waals surface area contributed by atoms with E-state index in [4.69, 9.17) is 0 Å². The molecule has 0 spiro atoms. The van der Waals surface area contributed by atoms with Crippen LogP contribution in [-0.4, -0.2) is 21.1 Å². The van der Waals surface area contributed by atoms with E-state index in [1.54, 1.807) is 6.92 Å². The van der Waals surface area contributed by atoms with Gasteiger partial charge in [0.25, 0.3) is 5.56 Å². The topological polar surface area (TPSA) is 74.8 Å². The molecule has 0 aliphatic heterocycles. The van der Waals surface area contributed by atoms with Gasteiger partial charge in [-0.2, -0.15) is 0 Å². The maximum Gasteiger partial charge on any atom is 0.251 e. The molecule has 0 radical (unpaired) electrons. The average Bonchev–Trinajstić information content (AvgIpc) is 2.54. The maximum atomic E-state index is 12.3. The second-order valence-corrected chi connectivity index (χ2v) is 6.38. The predicted molar refractivity (Wildman–Crippen MR) is 92.8 cm³/mol. The summed E-state index contributed by atoms with van der Waals surface area (Å²) in [4.78, 5) is 30.2. The van der Waals surface area contributed by atoms with E-state index in [-0.39, 0.29) is 16.7 Å². The fourth-order valence-corrected chi connectivity index (χ4v) is 2.93. The molecule has 0 aliphatic carbocycles. The second kappa shape index (κ2) is 6.66. The van der Waals surface area contributed by atoms with Crippen LogP contribution in [0.4, 0.5) is 5.69 Å². The predicted octanol–water partition coefficient (Wildman–Crippen LogP) is 3.04. The Labute approximate surface area is 137 Å². The smallest absolute Gasteiger partial charge is 0.251 e. The lowest BCUT2D eigenvalue weighted by Crippen LogP contribution is -2.23. The number of hydrogen-bond donors (Lipinski definition) is 2. The summed E-state index contributed by atoms with van der Waals surface area (Å²) < 4.78 is 0. The SMILES string of the molecule is C[C@@H](Sc1nccc(=O)[nH]1)C(=O)Nc1ccc2ccccc2c1. The summed E-state index contributed by atoms with van der Waals surface area (Å²) in [5.41, 5.74) is 0.514. The highest BCUT2D eigenvalue weighted by Gasteiger charge is 2.15. The molecule has 0 fully saturated rings. The summed E-state index contributed by atoms with van der Waals surface area (Å²) in [6.45, 7) is 1.77. The van der Waals surface area contributed by atoms with Gasteiger partial charge >= 0.3 is 0 Å². The van der Waals surface area contributed by atoms with Crippen LogP contribution in [0.15, 0.2) is 64.7 Å². The monoisotopic (exact) mass is 325 g/mol. The van der Waals surface area contributed by atoms with Gasteiger partial charge in [0.1, 0.15) is 0 Å². The zero-order valence-electron chi connectivity index (χ0n) is 12.4. The van der Waals surface area contributed by atoms with Crippen molar-refractivity contribution >= 4 is 34.1 Å². The van der Waals surface area contributed by atoms with Gasteiger partial charge in [0.15, 0.2) is 5.16 Å². The lowest BCUT2D eigenvalue weighted by molar-refractivity contribution is -0.115. The summed E-state index contributed by atoms with van der Waals surface area (Å²) in [6, 6.07) is 15.1. The van der Waals surface area contributed by atoms with E-state index in [0.29, 0.717) is 5.16 Å². The lowest BCUT2D eigenvalue weighted by Gasteiger charge is -2.11. The fraction of sp³-hybridized carbons (Fsp3) is 0.118. The second-order valence-electron chi connectivity index (χ2n) is 5.05. The number of amides is 1. The Morgan fingerprint density at radius 1 is 1.17 bits per heavy atom. The number of aromatic nitrogens is 2. The highest BCUT2D eigenvalue weighted by Crippen LogP contribution is 2.22. The van der Waals surface area contributed by atoms with Crippen molar-refractivity contribution in [3.63, 3.8) is 0 Å². The Morgan fingerprint density at radius 2 is 1.96 bits per heavy atom. The van der Waals surface area contributed by atoms with Crippen LogP contribution in [0.5, 0.6) is 0 Å². The number of fused-ring (bicyclic) bond motifs is 1. The van der Waals surface area contributed by atoms with Crippen molar-refractivity contribution in [3.05, 3.63) is 65.1 Å². The molecular weight excluding hydrogens is 310 g/mol. The van der Waals surface area contributed by atoms with Crippen molar-refractivity contribution in [2.75, 3.05) is 5.32 Å². The summed E-state index contributed by atoms with van der Waals surface area (Å²) >= 11 is 1.21. The summed E-state index contributed by atoms with van der Waals surface area (Å²) in [5, 5.41) is 5.13. The Bertz CT molecular complexity index is 907. The zero-order valence-corrected chi connectivity index (χ0v) is 13.3. The first-order chi connectivity index (χ1) is 11.1. The Morgan fingerprint density at radius 3 is 2.74 bits per heavy atom. The number of carbonyl (C=O) groups is 1. The Balaban J connectivity index is 1.70. The standard InChI is InChI=1S/C17H15N3O2S/c1-11(23-17-18-9-8-15(21)20-17)16(22)19-14-7-6-12-4-2-3-5-13(12)10-14/h2-11H,1H3,(H,19,22)(H,18,20,21)/t11-/m1/s1. The van der Waals surface area contributed by atoms with E-state index in [9.17, 15) is 9.59 Å². The highest BCUT2D eigenvalue weighted by atomic mass is 32.2. The number of thioether (sulfide) groups is 1. The molecule has 2 aromatic carbocycles. The third-order valence-corrected chi connectivity index (χ3v) is 4.32. The summed E-state index contributed by atoms with van der Waals surface area (Å²) in [7, 11) is 0. The number of aromatic amines is 1. The lowest BCUT2D eigenvalue weighted by atomic mass is 10.1. The first-order valence-corrected chi connectivity index (χ1v) is 8.01. The highest BCUT2D eigenvalue weighted by molar-refractivity contribution is 8.00. The van der Waals surface area contributed by atoms with Gasteiger partial charge in [0.05, 0.1) is 5.25 Å². The third-order valence-electron chi connectivity index (χ3n) is 3.32. The van der Waals surface area contributed by atoms with Crippen LogP contribution in [0.3, 0.4) is 0 Å². The maximum absolute atomic E-state index is 12.3. The molecule has 3 aromatic rings. The molecule has 23 heavy (non-hydrogen) atoms. The number of carbonyl (C=O) groups excluding carboxylic acids is 1. The van der Waals surface area contributed by atoms with E-state index >= 15 is 0 Å². The van der Waals surface area contributed by atoms with Crippen LogP contribution in [0.1, 0.15) is 6.92 Å². The van der Waals surface area contributed by atoms with Gasteiger partial charge < -0.3 is 10.3 Å². The normalized spacial score (nSPS) is 12.0. The van der Waals surface area contributed by atoms with Gasteiger partial charge in [-0.3, -0.25) is 9.59 Å². The van der Waals surface area contributed by atoms with Gasteiger partial charge in [-0.15, -0.1) is 0 Å². The molecule has 2 N–H and O–H groups in total. The molecule has 116 valence electrons. The van der Waals surface area contributed by atoms with Gasteiger partial charge in [0.2, 0.25) is 5.91 Å². The van der Waals surface area contributed by atoms with Crippen molar-refractivity contribution in [1.29, 1.82) is 0 Å². The molecule has 1 amide bonds. The van der Waals surface area contributed by atoms with Crippen molar-refractivity contribution in [1.82, 2.24) is 9.97 Å². The van der Waals surface area contributed by atoms with Gasteiger partial charge in [0, 0.05) is 18.0 Å². The number of H-pyrrole nitrogens is 1. The minimum atomic E-state index is -0.382. The quantitative estimate of drug-likeness (QED) is 0.571. The molecule has 1 heterocycles. The van der Waals surface area contributed by atoms with Gasteiger partial charge in [-0.25, -0.2) is 4.98 Å². The summed E-state index contributed by atoms with van der Waals surface area (Å²) in [6.07, 6.45) is 1.43. The number of nitrogens with zero attached hydrogens (tertiary/aromatic N) is 1. The largest absolute Gasteiger partial charge is 0.325 e. The van der Waals surface area contributed by atoms with Crippen molar-refractivity contribution in [3.8, 4) is 0 Å². The van der Waals surface area contributed by atoms with Crippen LogP contribution in [0.25, 0.3) is 10.8 Å². The molecule has 0 saturated heterocycles. The minimum Gasteiger partial charge on any atom is -0.325 e. The van der Waals surface area contributed by atoms with Crippen LogP contribution in [0.2, 0.25) is 0 Å². The molecule has 0 bridgehead atoms. The van der Waals surface area contributed by atoms with Gasteiger partial charge in [-0.05, 0) is 29.8 Å². The molecule has 0 aliphatic rings. The van der Waals surface area contributed by atoms with Crippen LogP contribution < -0.4 is 10.9 Å². The molecule has 3 rings (SSSR count). The van der Waals surface area contributed by atoms with Gasteiger partial charge in [-0.1, -0.05) is 42.1 Å². The number of rotatable bonds is 4. The average molecular weight is 325 g/mol. The van der Waals surface area contributed by atoms with E-state index in [2.05, 4.69) is 15.3 Å². The molecule has 5 nitrogen and oxygen atoms in total. The summed E-state index contributed by atoms with van der Waals surface area (Å²) in [5.74, 6) is -0.142. The number of nitrogens with one attached hydrogen (secondary N) is 2. The molecule has 0 saturated carbocycles. The van der Waals surface area contributed by atoms with Crippen molar-refractivity contribution in [2.24, 2.45) is 0 Å². The molecular formula is C17H15N3O2S. The van der Waals surface area contributed by atoms with E-state index in [0.717, 1.165) is 16.5 Å². The van der Waals surface area contributed by atoms with E-state index in [1.165, 1.54) is 24.0 Å². The van der Waals surface area contributed by atoms with Crippen molar-refractivity contribution in [2.45, 2.75) is 17.3 Å².